The van der Waals surface area contributed by atoms with E-state index in [2.05, 4.69) is 6.07 Å². The second-order valence-electron chi connectivity index (χ2n) is 4.64. The second-order valence-corrected chi connectivity index (χ2v) is 4.64. The van der Waals surface area contributed by atoms with Crippen LogP contribution in [0.15, 0.2) is 0 Å². The Kier molecular flexibility index (Phi) is 4.04. The van der Waals surface area contributed by atoms with E-state index in [0.29, 0.717) is 19.6 Å². The van der Waals surface area contributed by atoms with Crippen LogP contribution >= 0.6 is 0 Å². The smallest absolute Gasteiger partial charge is 0.250 e. The fourth-order valence-corrected chi connectivity index (χ4v) is 1.74. The number of hydrogen-bond acceptors (Lipinski definition) is 2. The van der Waals surface area contributed by atoms with Crippen LogP contribution in [0.4, 0.5) is 8.78 Å². The Labute approximate surface area is 89.9 Å². The van der Waals surface area contributed by atoms with Gasteiger partial charge in [0.25, 0.3) is 5.92 Å². The maximum atomic E-state index is 12.9. The second kappa shape index (κ2) is 4.89. The maximum Gasteiger partial charge on any atom is 0.250 e. The summed E-state index contributed by atoms with van der Waals surface area (Å²) in [5.41, 5.74) is 0. The normalized spacial score (nSPS) is 23.7. The minimum absolute atomic E-state index is 0.0447. The Morgan fingerprint density at radius 2 is 1.87 bits per heavy atom. The summed E-state index contributed by atoms with van der Waals surface area (Å²) < 4.78 is 25.7. The van der Waals surface area contributed by atoms with Gasteiger partial charge in [-0.05, 0) is 5.92 Å². The quantitative estimate of drug-likeness (QED) is 0.724. The van der Waals surface area contributed by atoms with Crippen LogP contribution < -0.4 is 0 Å². The Morgan fingerprint density at radius 1 is 1.33 bits per heavy atom. The Balaban J connectivity index is 2.39. The molecule has 1 rings (SSSR count). The van der Waals surface area contributed by atoms with Crippen molar-refractivity contribution in [2.45, 2.75) is 32.6 Å². The number of likely N-dealkylation sites (tertiary alicyclic amines) is 1. The predicted octanol–water partition coefficient (Wildman–Crippen LogP) is 2.51. The van der Waals surface area contributed by atoms with Gasteiger partial charge in [0.1, 0.15) is 0 Å². The molecule has 1 atom stereocenters. The number of piperidine rings is 1. The molecule has 2 nitrogen and oxygen atoms in total. The zero-order chi connectivity index (χ0) is 11.5. The van der Waals surface area contributed by atoms with Crippen LogP contribution in [0.1, 0.15) is 26.7 Å². The van der Waals surface area contributed by atoms with Crippen LogP contribution in [-0.2, 0) is 0 Å². The van der Waals surface area contributed by atoms with Gasteiger partial charge < -0.3 is 4.90 Å². The summed E-state index contributed by atoms with van der Waals surface area (Å²) in [7, 11) is 0. The lowest BCUT2D eigenvalue weighted by Gasteiger charge is -2.33. The number of nitrogens with zero attached hydrogens (tertiary/aromatic N) is 2. The van der Waals surface area contributed by atoms with Crippen LogP contribution in [0.5, 0.6) is 0 Å². The largest absolute Gasteiger partial charge is 0.302 e. The number of nitriles is 1. The van der Waals surface area contributed by atoms with E-state index < -0.39 is 5.92 Å². The zero-order valence-electron chi connectivity index (χ0n) is 9.34. The van der Waals surface area contributed by atoms with E-state index in [4.69, 9.17) is 5.26 Å². The summed E-state index contributed by atoms with van der Waals surface area (Å²) >= 11 is 0. The third kappa shape index (κ3) is 3.75. The highest BCUT2D eigenvalue weighted by molar-refractivity contribution is 4.89. The van der Waals surface area contributed by atoms with Gasteiger partial charge >= 0.3 is 0 Å². The van der Waals surface area contributed by atoms with Gasteiger partial charge in [0.15, 0.2) is 0 Å². The standard InChI is InChI=1S/C11H18F2N2/c1-9(2)10(7-14)8-15-5-3-11(12,13)4-6-15/h9-10H,3-6,8H2,1-2H3. The molecule has 1 fully saturated rings. The minimum Gasteiger partial charge on any atom is -0.302 e. The number of alkyl halides is 2. The van der Waals surface area contributed by atoms with E-state index in [1.165, 1.54) is 0 Å². The molecule has 0 aromatic carbocycles. The first-order valence-corrected chi connectivity index (χ1v) is 5.44. The molecule has 1 heterocycles. The molecule has 0 aliphatic carbocycles. The van der Waals surface area contributed by atoms with Crippen molar-refractivity contribution >= 4 is 0 Å². The fourth-order valence-electron chi connectivity index (χ4n) is 1.74. The molecular weight excluding hydrogens is 198 g/mol. The van der Waals surface area contributed by atoms with Crippen molar-refractivity contribution < 1.29 is 8.78 Å². The lowest BCUT2D eigenvalue weighted by molar-refractivity contribution is -0.0570. The summed E-state index contributed by atoms with van der Waals surface area (Å²) in [5, 5.41) is 8.90. The molecule has 0 saturated carbocycles. The molecule has 1 aliphatic heterocycles. The summed E-state index contributed by atoms with van der Waals surface area (Å²) in [6.45, 7) is 5.44. The Bertz CT molecular complexity index is 235. The Hall–Kier alpha value is -0.690. The van der Waals surface area contributed by atoms with Crippen molar-refractivity contribution in [1.29, 1.82) is 5.26 Å². The average Bonchev–Trinajstić information content (AvgIpc) is 2.15. The van der Waals surface area contributed by atoms with Gasteiger partial charge in [0.05, 0.1) is 12.0 Å². The molecule has 0 aromatic rings. The average molecular weight is 216 g/mol. The van der Waals surface area contributed by atoms with Crippen molar-refractivity contribution in [3.05, 3.63) is 0 Å². The molecule has 86 valence electrons. The molecule has 1 saturated heterocycles. The van der Waals surface area contributed by atoms with Crippen LogP contribution in [-0.4, -0.2) is 30.5 Å². The summed E-state index contributed by atoms with van der Waals surface area (Å²) in [6, 6.07) is 2.24. The predicted molar refractivity (Wildman–Crippen MR) is 54.6 cm³/mol. The van der Waals surface area contributed by atoms with Gasteiger partial charge in [-0.2, -0.15) is 5.26 Å². The van der Waals surface area contributed by atoms with E-state index in [-0.39, 0.29) is 24.7 Å². The summed E-state index contributed by atoms with van der Waals surface area (Å²) in [4.78, 5) is 1.98. The van der Waals surface area contributed by atoms with Gasteiger partial charge in [-0.1, -0.05) is 13.8 Å². The molecule has 1 unspecified atom stereocenters. The van der Waals surface area contributed by atoms with Crippen LogP contribution in [0.2, 0.25) is 0 Å². The van der Waals surface area contributed by atoms with Gasteiger partial charge in [0, 0.05) is 32.5 Å². The van der Waals surface area contributed by atoms with Crippen LogP contribution in [0.3, 0.4) is 0 Å². The van der Waals surface area contributed by atoms with E-state index in [9.17, 15) is 8.78 Å². The minimum atomic E-state index is -2.49. The highest BCUT2D eigenvalue weighted by atomic mass is 19.3. The van der Waals surface area contributed by atoms with Gasteiger partial charge in [0.2, 0.25) is 0 Å². The molecule has 0 aromatic heterocycles. The van der Waals surface area contributed by atoms with Gasteiger partial charge in [-0.3, -0.25) is 0 Å². The van der Waals surface area contributed by atoms with Crippen molar-refractivity contribution in [3.63, 3.8) is 0 Å². The van der Waals surface area contributed by atoms with Gasteiger partial charge in [-0.25, -0.2) is 8.78 Å². The molecule has 4 heteroatoms. The highest BCUT2D eigenvalue weighted by Gasteiger charge is 2.34. The monoisotopic (exact) mass is 216 g/mol. The molecule has 1 aliphatic rings. The van der Waals surface area contributed by atoms with Crippen LogP contribution in [0, 0.1) is 23.2 Å². The maximum absolute atomic E-state index is 12.9. The first-order chi connectivity index (χ1) is 6.94. The molecule has 0 amide bonds. The zero-order valence-corrected chi connectivity index (χ0v) is 9.34. The molecule has 0 bridgehead atoms. The first kappa shape index (κ1) is 12.4. The van der Waals surface area contributed by atoms with E-state index in [1.54, 1.807) is 0 Å². The summed E-state index contributed by atoms with van der Waals surface area (Å²) in [6.07, 6.45) is -0.132. The lowest BCUT2D eigenvalue weighted by atomic mass is 9.95. The number of rotatable bonds is 3. The van der Waals surface area contributed by atoms with Crippen LogP contribution in [0.25, 0.3) is 0 Å². The van der Waals surface area contributed by atoms with Crippen molar-refractivity contribution in [1.82, 2.24) is 4.90 Å². The van der Waals surface area contributed by atoms with E-state index in [1.807, 2.05) is 18.7 Å². The van der Waals surface area contributed by atoms with E-state index in [0.717, 1.165) is 0 Å². The Morgan fingerprint density at radius 3 is 2.27 bits per heavy atom. The molecule has 0 radical (unpaired) electrons. The SMILES string of the molecule is CC(C)C(C#N)CN1CCC(F)(F)CC1. The number of hydrogen-bond donors (Lipinski definition) is 0. The van der Waals surface area contributed by atoms with Gasteiger partial charge in [-0.15, -0.1) is 0 Å². The fraction of sp³-hybridized carbons (Fsp3) is 0.909. The van der Waals surface area contributed by atoms with Crippen molar-refractivity contribution in [2.24, 2.45) is 11.8 Å². The topological polar surface area (TPSA) is 27.0 Å². The third-order valence-corrected chi connectivity index (χ3v) is 3.01. The van der Waals surface area contributed by atoms with Crippen molar-refractivity contribution in [3.8, 4) is 6.07 Å². The molecule has 0 spiro atoms. The third-order valence-electron chi connectivity index (χ3n) is 3.01. The lowest BCUT2D eigenvalue weighted by Crippen LogP contribution is -2.42. The van der Waals surface area contributed by atoms with Crippen molar-refractivity contribution in [2.75, 3.05) is 19.6 Å². The van der Waals surface area contributed by atoms with E-state index >= 15 is 0 Å². The number of halogens is 2. The molecule has 15 heavy (non-hydrogen) atoms. The highest BCUT2D eigenvalue weighted by Crippen LogP contribution is 2.28. The molecular formula is C11H18F2N2. The molecule has 0 N–H and O–H groups in total. The first-order valence-electron chi connectivity index (χ1n) is 5.44. The summed E-state index contributed by atoms with van der Waals surface area (Å²) in [5.74, 6) is -2.25.